The van der Waals surface area contributed by atoms with Gasteiger partial charge in [-0.2, -0.15) is 0 Å². The maximum atomic E-state index is 12.8. The molecule has 1 fully saturated rings. The zero-order valence-corrected chi connectivity index (χ0v) is 13.9. The molecule has 0 saturated carbocycles. The van der Waals surface area contributed by atoms with Crippen LogP contribution in [0.5, 0.6) is 0 Å². The molecule has 2 aromatic rings. The van der Waals surface area contributed by atoms with E-state index < -0.39 is 0 Å². The largest absolute Gasteiger partial charge is 0.351 e. The molecule has 0 radical (unpaired) electrons. The molecule has 0 aliphatic carbocycles. The Balaban J connectivity index is 1.80. The SMILES string of the molecule is CC(=O)NCc1ccnc([C@@H]2CCCN2C(=O)c2cccn2C)n1. The Bertz CT molecular complexity index is 755. The van der Waals surface area contributed by atoms with Gasteiger partial charge in [0.1, 0.15) is 5.69 Å². The van der Waals surface area contributed by atoms with Crippen LogP contribution in [0.2, 0.25) is 0 Å². The topological polar surface area (TPSA) is 80.1 Å². The Labute approximate surface area is 140 Å². The Kier molecular flexibility index (Phi) is 4.59. The van der Waals surface area contributed by atoms with Crippen LogP contribution in [0.4, 0.5) is 0 Å². The summed E-state index contributed by atoms with van der Waals surface area (Å²) in [6, 6.07) is 5.34. The van der Waals surface area contributed by atoms with Gasteiger partial charge in [-0.05, 0) is 31.0 Å². The fraction of sp³-hybridized carbons (Fsp3) is 0.412. The van der Waals surface area contributed by atoms with Gasteiger partial charge in [0.25, 0.3) is 5.91 Å². The van der Waals surface area contributed by atoms with Gasteiger partial charge in [-0.15, -0.1) is 0 Å². The van der Waals surface area contributed by atoms with Crippen molar-refractivity contribution in [2.75, 3.05) is 6.54 Å². The Hall–Kier alpha value is -2.70. The molecule has 1 atom stereocenters. The second-order valence-corrected chi connectivity index (χ2v) is 5.98. The summed E-state index contributed by atoms with van der Waals surface area (Å²) >= 11 is 0. The molecule has 7 nitrogen and oxygen atoms in total. The van der Waals surface area contributed by atoms with Gasteiger partial charge < -0.3 is 14.8 Å². The summed E-state index contributed by atoms with van der Waals surface area (Å²) in [4.78, 5) is 34.6. The van der Waals surface area contributed by atoms with E-state index in [2.05, 4.69) is 15.3 Å². The monoisotopic (exact) mass is 327 g/mol. The van der Waals surface area contributed by atoms with E-state index in [1.807, 2.05) is 34.8 Å². The third-order valence-corrected chi connectivity index (χ3v) is 4.22. The summed E-state index contributed by atoms with van der Waals surface area (Å²) in [5.74, 6) is 0.537. The number of nitrogens with zero attached hydrogens (tertiary/aromatic N) is 4. The van der Waals surface area contributed by atoms with Crippen LogP contribution in [0.25, 0.3) is 0 Å². The number of hydrogen-bond donors (Lipinski definition) is 1. The minimum absolute atomic E-state index is 0.000800. The molecule has 1 aliphatic rings. The molecule has 0 spiro atoms. The van der Waals surface area contributed by atoms with Crippen LogP contribution in [0, 0.1) is 0 Å². The number of aryl methyl sites for hydroxylation is 1. The number of amides is 2. The molecule has 0 bridgehead atoms. The van der Waals surface area contributed by atoms with Crippen LogP contribution in [0.1, 0.15) is 47.8 Å². The summed E-state index contributed by atoms with van der Waals surface area (Å²) in [7, 11) is 1.86. The number of carbonyl (C=O) groups excluding carboxylic acids is 2. The van der Waals surface area contributed by atoms with Crippen LogP contribution < -0.4 is 5.32 Å². The first-order chi connectivity index (χ1) is 11.6. The maximum Gasteiger partial charge on any atom is 0.271 e. The normalized spacial score (nSPS) is 17.1. The van der Waals surface area contributed by atoms with Crippen LogP contribution in [0.15, 0.2) is 30.6 Å². The van der Waals surface area contributed by atoms with Crippen molar-refractivity contribution in [3.8, 4) is 0 Å². The van der Waals surface area contributed by atoms with Crippen molar-refractivity contribution in [2.45, 2.75) is 32.4 Å². The molecule has 1 saturated heterocycles. The highest BCUT2D eigenvalue weighted by molar-refractivity contribution is 5.93. The second kappa shape index (κ2) is 6.82. The number of hydrogen-bond acceptors (Lipinski definition) is 4. The quantitative estimate of drug-likeness (QED) is 0.921. The first-order valence-corrected chi connectivity index (χ1v) is 8.05. The molecule has 126 valence electrons. The van der Waals surface area contributed by atoms with Crippen LogP contribution >= 0.6 is 0 Å². The van der Waals surface area contributed by atoms with Crippen molar-refractivity contribution in [1.82, 2.24) is 24.8 Å². The third kappa shape index (κ3) is 3.29. The number of nitrogens with one attached hydrogen (secondary N) is 1. The number of rotatable bonds is 4. The van der Waals surface area contributed by atoms with Crippen molar-refractivity contribution in [1.29, 1.82) is 0 Å². The van der Waals surface area contributed by atoms with Gasteiger partial charge in [-0.3, -0.25) is 9.59 Å². The van der Waals surface area contributed by atoms with Gasteiger partial charge in [0.15, 0.2) is 5.82 Å². The van der Waals surface area contributed by atoms with Gasteiger partial charge >= 0.3 is 0 Å². The Morgan fingerprint density at radius 3 is 2.92 bits per heavy atom. The lowest BCUT2D eigenvalue weighted by molar-refractivity contribution is -0.119. The minimum atomic E-state index is -0.121. The third-order valence-electron chi connectivity index (χ3n) is 4.22. The summed E-state index contributed by atoms with van der Waals surface area (Å²) in [5.41, 5.74) is 1.41. The summed E-state index contributed by atoms with van der Waals surface area (Å²) in [6.07, 6.45) is 5.33. The lowest BCUT2D eigenvalue weighted by atomic mass is 10.2. The van der Waals surface area contributed by atoms with Crippen LogP contribution in [-0.4, -0.2) is 37.8 Å². The summed E-state index contributed by atoms with van der Waals surface area (Å²) in [6.45, 7) is 2.54. The average Bonchev–Trinajstić information content (AvgIpc) is 3.21. The Morgan fingerprint density at radius 2 is 2.21 bits per heavy atom. The van der Waals surface area contributed by atoms with Crippen molar-refractivity contribution < 1.29 is 9.59 Å². The fourth-order valence-electron chi connectivity index (χ4n) is 3.00. The number of aromatic nitrogens is 3. The predicted octanol–water partition coefficient (Wildman–Crippen LogP) is 1.43. The minimum Gasteiger partial charge on any atom is -0.351 e. The highest BCUT2D eigenvalue weighted by Gasteiger charge is 2.33. The first kappa shape index (κ1) is 16.2. The van der Waals surface area contributed by atoms with Gasteiger partial charge in [-0.1, -0.05) is 0 Å². The van der Waals surface area contributed by atoms with E-state index >= 15 is 0 Å². The standard InChI is InChI=1S/C17H21N5O2/c1-12(23)19-11-13-7-8-18-16(20-13)14-5-4-10-22(14)17(24)15-6-3-9-21(15)2/h3,6-9,14H,4-5,10-11H2,1-2H3,(H,19,23)/t14-/m0/s1. The lowest BCUT2D eigenvalue weighted by Crippen LogP contribution is -2.32. The van der Waals surface area contributed by atoms with E-state index in [0.717, 1.165) is 18.5 Å². The lowest BCUT2D eigenvalue weighted by Gasteiger charge is -2.24. The van der Waals surface area contributed by atoms with Crippen molar-refractivity contribution >= 4 is 11.8 Å². The molecule has 7 heteroatoms. The van der Waals surface area contributed by atoms with E-state index in [1.165, 1.54) is 6.92 Å². The summed E-state index contributed by atoms with van der Waals surface area (Å²) in [5, 5.41) is 2.73. The van der Waals surface area contributed by atoms with Gasteiger partial charge in [0.2, 0.25) is 5.91 Å². The molecular weight excluding hydrogens is 306 g/mol. The number of carbonyl (C=O) groups is 2. The van der Waals surface area contributed by atoms with Crippen molar-refractivity contribution in [2.24, 2.45) is 7.05 Å². The molecule has 0 unspecified atom stereocenters. The first-order valence-electron chi connectivity index (χ1n) is 8.05. The van der Waals surface area contributed by atoms with Gasteiger partial charge in [0, 0.05) is 32.9 Å². The number of likely N-dealkylation sites (tertiary alicyclic amines) is 1. The second-order valence-electron chi connectivity index (χ2n) is 5.98. The van der Waals surface area contributed by atoms with E-state index in [9.17, 15) is 9.59 Å². The predicted molar refractivity (Wildman–Crippen MR) is 88.0 cm³/mol. The molecule has 2 aromatic heterocycles. The van der Waals surface area contributed by atoms with Crippen LogP contribution in [0.3, 0.4) is 0 Å². The molecule has 3 rings (SSSR count). The smallest absolute Gasteiger partial charge is 0.271 e. The molecule has 2 amide bonds. The highest BCUT2D eigenvalue weighted by atomic mass is 16.2. The van der Waals surface area contributed by atoms with Gasteiger partial charge in [-0.25, -0.2) is 9.97 Å². The van der Waals surface area contributed by atoms with E-state index in [-0.39, 0.29) is 17.9 Å². The van der Waals surface area contributed by atoms with E-state index in [1.54, 1.807) is 12.3 Å². The zero-order chi connectivity index (χ0) is 17.1. The van der Waals surface area contributed by atoms with E-state index in [4.69, 9.17) is 0 Å². The fourth-order valence-corrected chi connectivity index (χ4v) is 3.00. The molecule has 24 heavy (non-hydrogen) atoms. The molecule has 3 heterocycles. The zero-order valence-electron chi connectivity index (χ0n) is 13.9. The molecule has 1 N–H and O–H groups in total. The maximum absolute atomic E-state index is 12.8. The van der Waals surface area contributed by atoms with Crippen LogP contribution in [-0.2, 0) is 18.4 Å². The summed E-state index contributed by atoms with van der Waals surface area (Å²) < 4.78 is 1.83. The molecule has 1 aliphatic heterocycles. The Morgan fingerprint density at radius 1 is 1.38 bits per heavy atom. The molecule has 0 aromatic carbocycles. The highest BCUT2D eigenvalue weighted by Crippen LogP contribution is 2.31. The van der Waals surface area contributed by atoms with E-state index in [0.29, 0.717) is 24.6 Å². The average molecular weight is 327 g/mol. The van der Waals surface area contributed by atoms with Gasteiger partial charge in [0.05, 0.1) is 18.3 Å². The van der Waals surface area contributed by atoms with Crippen molar-refractivity contribution in [3.05, 3.63) is 47.8 Å². The van der Waals surface area contributed by atoms with Crippen molar-refractivity contribution in [3.63, 3.8) is 0 Å². The molecular formula is C17H21N5O2.